The van der Waals surface area contributed by atoms with Gasteiger partial charge in [0.05, 0.1) is 25.2 Å². The summed E-state index contributed by atoms with van der Waals surface area (Å²) < 4.78 is 34.9. The number of anilines is 3. The highest BCUT2D eigenvalue weighted by Gasteiger charge is 2.23. The van der Waals surface area contributed by atoms with Gasteiger partial charge in [-0.2, -0.15) is 0 Å². The molecule has 1 amide bonds. The molecule has 3 heterocycles. The molecule has 5 rings (SSSR count). The molecular formula is C28H32FN6O6PS. The van der Waals surface area contributed by atoms with E-state index in [1.807, 2.05) is 18.2 Å². The molecule has 0 radical (unpaired) electrons. The number of carbonyl (C=O) groups is 1. The molecule has 1 aliphatic heterocycles. The van der Waals surface area contributed by atoms with Gasteiger partial charge in [0.25, 0.3) is 0 Å². The lowest BCUT2D eigenvalue weighted by Gasteiger charge is -2.31. The Morgan fingerprint density at radius 2 is 1.98 bits per heavy atom. The Balaban J connectivity index is 1.08. The van der Waals surface area contributed by atoms with E-state index < -0.39 is 13.6 Å². The number of ether oxygens (including phenoxy) is 1. The molecule has 228 valence electrons. The maximum absolute atomic E-state index is 13.4. The second kappa shape index (κ2) is 14.3. The molecule has 0 bridgehead atoms. The maximum atomic E-state index is 13.4. The number of phosphoric acid groups is 1. The van der Waals surface area contributed by atoms with E-state index >= 15 is 0 Å². The number of benzene rings is 2. The van der Waals surface area contributed by atoms with Gasteiger partial charge in [0.1, 0.15) is 23.7 Å². The molecule has 2 aromatic carbocycles. The number of carbonyl (C=O) groups excluding carboxylic acids is 1. The van der Waals surface area contributed by atoms with Crippen LogP contribution in [0, 0.1) is 11.7 Å². The Morgan fingerprint density at radius 3 is 2.77 bits per heavy atom. The van der Waals surface area contributed by atoms with Crippen LogP contribution in [0.1, 0.15) is 24.1 Å². The Labute approximate surface area is 251 Å². The van der Waals surface area contributed by atoms with Gasteiger partial charge in [-0.15, -0.1) is 11.3 Å². The second-order valence-electron chi connectivity index (χ2n) is 10.2. The number of thiazole rings is 1. The lowest BCUT2D eigenvalue weighted by atomic mass is 9.98. The highest BCUT2D eigenvalue weighted by atomic mass is 32.1. The smallest absolute Gasteiger partial charge is 0.469 e. The lowest BCUT2D eigenvalue weighted by molar-refractivity contribution is -0.115. The van der Waals surface area contributed by atoms with Crippen LogP contribution in [0.3, 0.4) is 0 Å². The van der Waals surface area contributed by atoms with Crippen molar-refractivity contribution < 1.29 is 32.8 Å². The summed E-state index contributed by atoms with van der Waals surface area (Å²) in [5.74, 6) is 0.759. The van der Waals surface area contributed by atoms with Crippen LogP contribution in [0.25, 0.3) is 10.9 Å². The normalized spacial score (nSPS) is 14.6. The molecule has 12 nitrogen and oxygen atoms in total. The molecule has 0 spiro atoms. The average molecular weight is 631 g/mol. The third kappa shape index (κ3) is 9.48. The number of amides is 1. The fraction of sp³-hybridized carbons (Fsp3) is 0.357. The third-order valence-corrected chi connectivity index (χ3v) is 8.30. The molecule has 1 saturated heterocycles. The largest absolute Gasteiger partial charge is 0.493 e. The SMILES string of the molecule is O=C(Cc1cnc(Nc2ncnc3cc(OCCCN4CCC(COP(=O)(O)O)CC4)ccc23)s1)Nc1cccc(F)c1. The molecule has 2 aromatic heterocycles. The zero-order valence-electron chi connectivity index (χ0n) is 23.2. The van der Waals surface area contributed by atoms with E-state index in [1.54, 1.807) is 12.3 Å². The van der Waals surface area contributed by atoms with Gasteiger partial charge in [-0.1, -0.05) is 6.07 Å². The van der Waals surface area contributed by atoms with Gasteiger partial charge in [-0.3, -0.25) is 9.32 Å². The average Bonchev–Trinajstić information content (AvgIpc) is 3.40. The summed E-state index contributed by atoms with van der Waals surface area (Å²) in [6, 6.07) is 11.4. The van der Waals surface area contributed by atoms with Crippen molar-refractivity contribution in [2.45, 2.75) is 25.7 Å². The van der Waals surface area contributed by atoms with Crippen molar-refractivity contribution >= 4 is 52.6 Å². The zero-order valence-corrected chi connectivity index (χ0v) is 24.9. The van der Waals surface area contributed by atoms with Crippen LogP contribution in [0.15, 0.2) is 55.0 Å². The summed E-state index contributed by atoms with van der Waals surface area (Å²) in [4.78, 5) is 46.3. The van der Waals surface area contributed by atoms with E-state index in [2.05, 4.69) is 35.0 Å². The molecule has 0 atom stereocenters. The summed E-state index contributed by atoms with van der Waals surface area (Å²) in [7, 11) is -4.41. The quantitative estimate of drug-likeness (QED) is 0.119. The molecule has 1 fully saturated rings. The number of aromatic nitrogens is 3. The van der Waals surface area contributed by atoms with Crippen LogP contribution in [-0.4, -0.2) is 68.4 Å². The predicted octanol–water partition coefficient (Wildman–Crippen LogP) is 4.74. The van der Waals surface area contributed by atoms with Gasteiger partial charge in [0.15, 0.2) is 5.13 Å². The summed E-state index contributed by atoms with van der Waals surface area (Å²) >= 11 is 1.33. The van der Waals surface area contributed by atoms with Gasteiger partial charge in [-0.05, 0) is 68.6 Å². The summed E-state index contributed by atoms with van der Waals surface area (Å²) in [6.45, 7) is 3.23. The van der Waals surface area contributed by atoms with Crippen molar-refractivity contribution in [1.29, 1.82) is 0 Å². The van der Waals surface area contributed by atoms with Gasteiger partial charge in [0.2, 0.25) is 5.91 Å². The fourth-order valence-corrected chi connectivity index (χ4v) is 5.98. The standard InChI is InChI=1S/C28H32FN6O6PS/c29-20-3-1-4-21(13-20)33-26(36)15-23-16-30-28(43-23)34-27-24-6-5-22(14-25(24)31-18-32-27)40-12-2-9-35-10-7-19(8-11-35)17-41-42(37,38)39/h1,3-6,13-14,16,18-19H,2,7-12,15,17H2,(H,33,36)(H2,37,38,39)(H,30,31,32,34). The number of nitrogens with zero attached hydrogens (tertiary/aromatic N) is 4. The Morgan fingerprint density at radius 1 is 1.14 bits per heavy atom. The first-order chi connectivity index (χ1) is 20.7. The van der Waals surface area contributed by atoms with E-state index in [1.165, 1.54) is 35.9 Å². The molecule has 0 aliphatic carbocycles. The molecule has 0 saturated carbocycles. The number of rotatable bonds is 13. The number of fused-ring (bicyclic) bond motifs is 1. The van der Waals surface area contributed by atoms with E-state index in [0.717, 1.165) is 49.2 Å². The van der Waals surface area contributed by atoms with E-state index in [9.17, 15) is 13.8 Å². The molecular weight excluding hydrogens is 598 g/mol. The van der Waals surface area contributed by atoms with Crippen LogP contribution >= 0.6 is 19.2 Å². The molecule has 4 N–H and O–H groups in total. The molecule has 15 heteroatoms. The van der Waals surface area contributed by atoms with Crippen molar-refractivity contribution in [1.82, 2.24) is 19.9 Å². The first-order valence-corrected chi connectivity index (χ1v) is 16.1. The molecule has 0 unspecified atom stereocenters. The van der Waals surface area contributed by atoms with Crippen LogP contribution in [0.4, 0.5) is 21.0 Å². The van der Waals surface area contributed by atoms with E-state index in [4.69, 9.17) is 14.5 Å². The minimum absolute atomic E-state index is 0.0902. The zero-order chi connectivity index (χ0) is 30.2. The monoisotopic (exact) mass is 630 g/mol. The van der Waals surface area contributed by atoms with Crippen LogP contribution in [0.2, 0.25) is 0 Å². The van der Waals surface area contributed by atoms with Crippen molar-refractivity contribution in [2.24, 2.45) is 5.92 Å². The topological polar surface area (TPSA) is 159 Å². The third-order valence-electron chi connectivity index (χ3n) is 6.90. The molecule has 1 aliphatic rings. The van der Waals surface area contributed by atoms with Gasteiger partial charge in [0, 0.05) is 34.8 Å². The van der Waals surface area contributed by atoms with Crippen LogP contribution in [-0.2, 0) is 20.3 Å². The fourth-order valence-electron chi connectivity index (χ4n) is 4.76. The van der Waals surface area contributed by atoms with Crippen LogP contribution < -0.4 is 15.4 Å². The number of nitrogens with one attached hydrogen (secondary N) is 2. The second-order valence-corrected chi connectivity index (χ2v) is 12.5. The lowest BCUT2D eigenvalue weighted by Crippen LogP contribution is -2.36. The van der Waals surface area contributed by atoms with Crippen molar-refractivity contribution in [2.75, 3.05) is 43.5 Å². The van der Waals surface area contributed by atoms with Gasteiger partial charge < -0.3 is 30.1 Å². The number of halogens is 1. The van der Waals surface area contributed by atoms with Crippen molar-refractivity contribution in [3.8, 4) is 5.75 Å². The summed E-state index contributed by atoms with van der Waals surface area (Å²) in [5, 5.41) is 7.26. The first kappa shape index (κ1) is 30.9. The minimum Gasteiger partial charge on any atom is -0.493 e. The van der Waals surface area contributed by atoms with Crippen LogP contribution in [0.5, 0.6) is 5.75 Å². The highest BCUT2D eigenvalue weighted by Crippen LogP contribution is 2.37. The number of hydrogen-bond acceptors (Lipinski definition) is 10. The number of likely N-dealkylation sites (tertiary alicyclic amines) is 1. The number of piperidine rings is 1. The molecule has 43 heavy (non-hydrogen) atoms. The first-order valence-electron chi connectivity index (χ1n) is 13.8. The Kier molecular flexibility index (Phi) is 10.3. The Hall–Kier alpha value is -3.52. The number of phosphoric ester groups is 1. The number of hydrogen-bond donors (Lipinski definition) is 4. The van der Waals surface area contributed by atoms with Crippen molar-refractivity contribution in [3.05, 3.63) is 65.7 Å². The Bertz CT molecular complexity index is 1600. The van der Waals surface area contributed by atoms with Crippen molar-refractivity contribution in [3.63, 3.8) is 0 Å². The maximum Gasteiger partial charge on any atom is 0.469 e. The van der Waals surface area contributed by atoms with Gasteiger partial charge in [-0.25, -0.2) is 23.9 Å². The molecule has 4 aromatic rings. The van der Waals surface area contributed by atoms with E-state index in [-0.39, 0.29) is 24.9 Å². The predicted molar refractivity (Wildman–Crippen MR) is 161 cm³/mol. The highest BCUT2D eigenvalue weighted by molar-refractivity contribution is 7.46. The summed E-state index contributed by atoms with van der Waals surface area (Å²) in [6.07, 6.45) is 5.71. The summed E-state index contributed by atoms with van der Waals surface area (Å²) in [5.41, 5.74) is 1.11. The van der Waals surface area contributed by atoms with Gasteiger partial charge >= 0.3 is 7.82 Å². The van der Waals surface area contributed by atoms with E-state index in [0.29, 0.717) is 34.5 Å². The minimum atomic E-state index is -4.41.